The normalized spacial score (nSPS) is 16.4. The second kappa shape index (κ2) is 12.0. The summed E-state index contributed by atoms with van der Waals surface area (Å²) >= 11 is 0. The molecule has 3 aromatic rings. The molecule has 5 rings (SSSR count). The number of amides is 1. The number of nitrogens with two attached hydrogens (primary N) is 1. The number of piperazine rings is 1. The van der Waals surface area contributed by atoms with Crippen molar-refractivity contribution >= 4 is 34.9 Å². The van der Waals surface area contributed by atoms with Gasteiger partial charge in [-0.2, -0.15) is 0 Å². The van der Waals surface area contributed by atoms with E-state index in [4.69, 9.17) is 5.73 Å². The lowest BCUT2D eigenvalue weighted by atomic mass is 10.1. The molecule has 1 saturated carbocycles. The topological polar surface area (TPSA) is 104 Å². The van der Waals surface area contributed by atoms with Crippen molar-refractivity contribution < 1.29 is 4.79 Å². The minimum atomic E-state index is 0.0920. The summed E-state index contributed by atoms with van der Waals surface area (Å²) in [6.45, 7) is 8.87. The van der Waals surface area contributed by atoms with Gasteiger partial charge < -0.3 is 25.8 Å². The molecule has 0 unspecified atom stereocenters. The third-order valence-electron chi connectivity index (χ3n) is 7.10. The van der Waals surface area contributed by atoms with Crippen LogP contribution in [0.1, 0.15) is 24.2 Å². The van der Waals surface area contributed by atoms with Crippen molar-refractivity contribution in [2.24, 2.45) is 23.7 Å². The molecular weight excluding hydrogens is 488 g/mol. The van der Waals surface area contributed by atoms with Crippen LogP contribution in [0.25, 0.3) is 5.70 Å². The van der Waals surface area contributed by atoms with Gasteiger partial charge in [-0.25, -0.2) is 9.98 Å². The summed E-state index contributed by atoms with van der Waals surface area (Å²) in [6, 6.07) is 15.8. The second-order valence-corrected chi connectivity index (χ2v) is 10.1. The highest BCUT2D eigenvalue weighted by Gasteiger charge is 2.29. The molecule has 1 aliphatic heterocycles. The number of imidazole rings is 1. The maximum absolute atomic E-state index is 11.9. The molecule has 39 heavy (non-hydrogen) atoms. The zero-order valence-corrected chi connectivity index (χ0v) is 22.4. The van der Waals surface area contributed by atoms with Gasteiger partial charge in [0.05, 0.1) is 6.54 Å². The van der Waals surface area contributed by atoms with Crippen molar-refractivity contribution in [3.05, 3.63) is 90.8 Å². The van der Waals surface area contributed by atoms with Crippen molar-refractivity contribution in [2.75, 3.05) is 41.7 Å². The maximum Gasteiger partial charge on any atom is 0.227 e. The first kappa shape index (κ1) is 26.2. The Kier molecular flexibility index (Phi) is 8.07. The molecule has 2 aromatic carbocycles. The molecular formula is C30H36N8O. The quantitative estimate of drug-likeness (QED) is 0.346. The minimum absolute atomic E-state index is 0.0920. The van der Waals surface area contributed by atoms with E-state index in [-0.39, 0.29) is 11.8 Å². The van der Waals surface area contributed by atoms with Gasteiger partial charge in [0.2, 0.25) is 5.91 Å². The predicted molar refractivity (Wildman–Crippen MR) is 158 cm³/mol. The Bertz CT molecular complexity index is 1340. The van der Waals surface area contributed by atoms with Crippen LogP contribution in [0.2, 0.25) is 0 Å². The number of rotatable bonds is 10. The monoisotopic (exact) mass is 524 g/mol. The lowest BCUT2D eigenvalue weighted by Crippen LogP contribution is -2.46. The van der Waals surface area contributed by atoms with E-state index in [1.165, 1.54) is 5.69 Å². The number of nitrogens with one attached hydrogen (secondary N) is 2. The number of carbonyl (C=O) groups excluding carboxylic acids is 1. The van der Waals surface area contributed by atoms with Crippen LogP contribution in [0.4, 0.5) is 17.1 Å². The van der Waals surface area contributed by atoms with Crippen molar-refractivity contribution in [3.8, 4) is 0 Å². The summed E-state index contributed by atoms with van der Waals surface area (Å²) in [5, 5.41) is 6.15. The number of benzene rings is 2. The zero-order valence-electron chi connectivity index (χ0n) is 22.4. The number of hydrogen-bond acceptors (Lipinski definition) is 7. The molecule has 2 heterocycles. The van der Waals surface area contributed by atoms with Crippen LogP contribution in [0.3, 0.4) is 0 Å². The van der Waals surface area contributed by atoms with Crippen molar-refractivity contribution in [3.63, 3.8) is 0 Å². The number of anilines is 3. The van der Waals surface area contributed by atoms with Gasteiger partial charge >= 0.3 is 0 Å². The summed E-state index contributed by atoms with van der Waals surface area (Å²) in [5.74, 6) is 1.89. The molecule has 2 aliphatic rings. The fourth-order valence-electron chi connectivity index (χ4n) is 4.51. The molecule has 0 radical (unpaired) electrons. The van der Waals surface area contributed by atoms with E-state index >= 15 is 0 Å². The van der Waals surface area contributed by atoms with Crippen LogP contribution in [-0.2, 0) is 18.4 Å². The molecule has 1 saturated heterocycles. The van der Waals surface area contributed by atoms with Crippen LogP contribution < -0.4 is 21.3 Å². The molecule has 4 N–H and O–H groups in total. The molecule has 2 fully saturated rings. The Morgan fingerprint density at radius 2 is 1.72 bits per heavy atom. The molecule has 0 bridgehead atoms. The zero-order chi connectivity index (χ0) is 27.2. The molecule has 202 valence electrons. The van der Waals surface area contributed by atoms with Crippen molar-refractivity contribution in [1.29, 1.82) is 0 Å². The highest BCUT2D eigenvalue weighted by atomic mass is 16.2. The average Bonchev–Trinajstić information content (AvgIpc) is 3.73. The number of allylic oxidation sites excluding steroid dienone is 1. The van der Waals surface area contributed by atoms with Crippen molar-refractivity contribution in [2.45, 2.75) is 19.4 Å². The molecule has 9 nitrogen and oxygen atoms in total. The van der Waals surface area contributed by atoms with Crippen molar-refractivity contribution in [1.82, 2.24) is 14.5 Å². The van der Waals surface area contributed by atoms with Gasteiger partial charge in [-0.05, 0) is 60.9 Å². The Morgan fingerprint density at radius 3 is 2.36 bits per heavy atom. The number of nitrogens with zero attached hydrogens (tertiary/aromatic N) is 5. The van der Waals surface area contributed by atoms with E-state index in [9.17, 15) is 4.79 Å². The minimum Gasteiger partial charge on any atom is -0.398 e. The lowest BCUT2D eigenvalue weighted by molar-refractivity contribution is -0.117. The fourth-order valence-corrected chi connectivity index (χ4v) is 4.51. The molecule has 1 aromatic heterocycles. The third kappa shape index (κ3) is 7.14. The Balaban J connectivity index is 1.07. The third-order valence-corrected chi connectivity index (χ3v) is 7.10. The molecule has 9 heteroatoms. The smallest absolute Gasteiger partial charge is 0.227 e. The molecule has 0 spiro atoms. The first-order valence-electron chi connectivity index (χ1n) is 13.4. The van der Waals surface area contributed by atoms with Gasteiger partial charge in [-0.1, -0.05) is 18.7 Å². The first-order valence-corrected chi connectivity index (χ1v) is 13.4. The largest absolute Gasteiger partial charge is 0.398 e. The van der Waals surface area contributed by atoms with E-state index in [1.807, 2.05) is 55.8 Å². The van der Waals surface area contributed by atoms with Gasteiger partial charge in [0.15, 0.2) is 0 Å². The summed E-state index contributed by atoms with van der Waals surface area (Å²) in [7, 11) is 2.04. The average molecular weight is 525 g/mol. The Morgan fingerprint density at radius 1 is 1.05 bits per heavy atom. The SMILES string of the molecule is C=C(N=C/C=C(\N)c1ccc(NC(=O)C2CC2)cc1)Nc1ccc(N2CCN(Cc3nccn3C)CC2)cc1. The lowest BCUT2D eigenvalue weighted by Gasteiger charge is -2.36. The Labute approximate surface area is 229 Å². The van der Waals surface area contributed by atoms with E-state index in [1.54, 1.807) is 12.3 Å². The number of aromatic nitrogens is 2. The molecule has 1 aliphatic carbocycles. The Hall–Kier alpha value is -4.37. The van der Waals surface area contributed by atoms with Gasteiger partial charge in [0.25, 0.3) is 0 Å². The number of carbonyl (C=O) groups is 1. The number of aryl methyl sites for hydroxylation is 1. The number of hydrogen-bond donors (Lipinski definition) is 3. The maximum atomic E-state index is 11.9. The van der Waals surface area contributed by atoms with Gasteiger partial charge in [0.1, 0.15) is 11.6 Å². The van der Waals surface area contributed by atoms with Crippen LogP contribution >= 0.6 is 0 Å². The summed E-state index contributed by atoms with van der Waals surface area (Å²) in [5.41, 5.74) is 10.6. The highest BCUT2D eigenvalue weighted by molar-refractivity contribution is 5.94. The first-order chi connectivity index (χ1) is 18.9. The second-order valence-electron chi connectivity index (χ2n) is 10.1. The summed E-state index contributed by atoms with van der Waals surface area (Å²) in [6.07, 6.45) is 9.18. The number of aliphatic imine (C=N–C) groups is 1. The highest BCUT2D eigenvalue weighted by Crippen LogP contribution is 2.30. The fraction of sp³-hybridized carbons (Fsp3) is 0.300. The summed E-state index contributed by atoms with van der Waals surface area (Å²) in [4.78, 5) is 25.6. The van der Waals surface area contributed by atoms with E-state index in [0.29, 0.717) is 11.5 Å². The molecule has 1 amide bonds. The van der Waals surface area contributed by atoms with Crippen LogP contribution in [-0.4, -0.2) is 52.8 Å². The van der Waals surface area contributed by atoms with E-state index < -0.39 is 0 Å². The van der Waals surface area contributed by atoms with Crippen LogP contribution in [0.15, 0.2) is 84.4 Å². The van der Waals surface area contributed by atoms with E-state index in [0.717, 1.165) is 68.3 Å². The van der Waals surface area contributed by atoms with Gasteiger partial charge in [-0.3, -0.25) is 9.69 Å². The summed E-state index contributed by atoms with van der Waals surface area (Å²) < 4.78 is 2.08. The standard InChI is InChI=1S/C30H36N8O/c1-22(32-14-13-28(31)23-5-7-26(8-6-23)35-30(39)24-3-4-24)34-25-9-11-27(12-10-25)38-19-17-37(18-20-38)21-29-33-15-16-36(29)2/h5-16,24,34H,1,3-4,17-21,31H2,2H3,(H,35,39)/b28-13-,32-14?. The predicted octanol–water partition coefficient (Wildman–Crippen LogP) is 4.04. The van der Waals surface area contributed by atoms with Gasteiger partial charge in [-0.15, -0.1) is 0 Å². The van der Waals surface area contributed by atoms with Crippen LogP contribution in [0, 0.1) is 5.92 Å². The molecule has 0 atom stereocenters. The van der Waals surface area contributed by atoms with Gasteiger partial charge in [0, 0.05) is 80.5 Å². The van der Waals surface area contributed by atoms with Crippen LogP contribution in [0.5, 0.6) is 0 Å². The van der Waals surface area contributed by atoms with E-state index in [2.05, 4.69) is 53.7 Å².